The number of aliphatic carboxylic acids is 1. The summed E-state index contributed by atoms with van der Waals surface area (Å²) in [6, 6.07) is 0. The molecule has 72 valence electrons. The third kappa shape index (κ3) is 9.73. The van der Waals surface area contributed by atoms with Crippen LogP contribution in [0.5, 0.6) is 0 Å². The summed E-state index contributed by atoms with van der Waals surface area (Å²) in [7, 11) is 0. The van der Waals surface area contributed by atoms with Gasteiger partial charge in [0.25, 0.3) is 0 Å². The number of carbonyl (C=O) groups is 1. The minimum absolute atomic E-state index is 0. The number of halogens is 3. The van der Waals surface area contributed by atoms with E-state index in [2.05, 4.69) is 0 Å². The van der Waals surface area contributed by atoms with Crippen LogP contribution in [0.3, 0.4) is 0 Å². The molecular weight excluding hydrogens is 184 g/mol. The van der Waals surface area contributed by atoms with Gasteiger partial charge in [0.1, 0.15) is 5.97 Å². The average molecular weight is 192 g/mol. The average Bonchev–Trinajstić information content (AvgIpc) is 2.39. The van der Waals surface area contributed by atoms with E-state index in [0.29, 0.717) is 0 Å². The van der Waals surface area contributed by atoms with Crippen LogP contribution < -0.4 is 24.0 Å². The van der Waals surface area contributed by atoms with Crippen molar-refractivity contribution in [2.75, 3.05) is 13.2 Å². The van der Waals surface area contributed by atoms with E-state index in [-0.39, 0.29) is 18.9 Å². The first-order valence-corrected chi connectivity index (χ1v) is 3.30. The molecule has 0 amide bonds. The van der Waals surface area contributed by atoms with Crippen LogP contribution >= 0.6 is 0 Å². The first-order valence-electron chi connectivity index (χ1n) is 3.30. The van der Waals surface area contributed by atoms with Gasteiger partial charge in [0.05, 0.1) is 0 Å². The zero-order chi connectivity index (χ0) is 9.61. The van der Waals surface area contributed by atoms with Crippen LogP contribution in [0, 0.1) is 0 Å². The first kappa shape index (κ1) is 15.3. The molecule has 1 aliphatic heterocycles. The van der Waals surface area contributed by atoms with Gasteiger partial charge in [-0.2, -0.15) is 13.2 Å². The molecule has 0 aromatic rings. The molecule has 0 bridgehead atoms. The molecule has 1 rings (SSSR count). The molecule has 0 unspecified atom stereocenters. The molecule has 13 heavy (non-hydrogen) atoms. The van der Waals surface area contributed by atoms with E-state index in [1.165, 1.54) is 12.8 Å². The Labute approximate surface area is 85.4 Å². The molecule has 1 heterocycles. The van der Waals surface area contributed by atoms with Gasteiger partial charge < -0.3 is 14.6 Å². The number of hydrogen-bond donors (Lipinski definition) is 0. The second-order valence-electron chi connectivity index (χ2n) is 2.10. The van der Waals surface area contributed by atoms with Crippen molar-refractivity contribution in [3.05, 3.63) is 0 Å². The molecule has 7 heteroatoms. The summed E-state index contributed by atoms with van der Waals surface area (Å²) in [5, 5.41) is 8.78. The molecule has 0 aromatic heterocycles. The normalized spacial score (nSPS) is 15.3. The summed E-state index contributed by atoms with van der Waals surface area (Å²) in [4.78, 5) is 8.78. The summed E-state index contributed by atoms with van der Waals surface area (Å²) in [5.74, 6) is -3.01. The summed E-state index contributed by atoms with van der Waals surface area (Å²) < 4.78 is 36.5. The number of hydrogen-bond acceptors (Lipinski definition) is 3. The van der Waals surface area contributed by atoms with Crippen LogP contribution in [0.15, 0.2) is 0 Å². The van der Waals surface area contributed by atoms with Crippen LogP contribution in [0.25, 0.3) is 0 Å². The maximum absolute atomic E-state index is 10.5. The monoisotopic (exact) mass is 192 g/mol. The third-order valence-electron chi connectivity index (χ3n) is 1.06. The van der Waals surface area contributed by atoms with Gasteiger partial charge in [-0.05, 0) is 12.8 Å². The maximum Gasteiger partial charge on any atom is 1.00 e. The minimum atomic E-state index is -5.19. The molecular formula is C6H8F3LiO3. The number of rotatable bonds is 0. The Kier molecular flexibility index (Phi) is 8.52. The van der Waals surface area contributed by atoms with Gasteiger partial charge in [-0.1, -0.05) is 0 Å². The van der Waals surface area contributed by atoms with Gasteiger partial charge in [0.2, 0.25) is 0 Å². The molecule has 3 nitrogen and oxygen atoms in total. The molecule has 0 spiro atoms. The Morgan fingerprint density at radius 2 is 1.54 bits per heavy atom. The first-order chi connectivity index (χ1) is 5.44. The molecule has 1 saturated heterocycles. The van der Waals surface area contributed by atoms with Crippen LogP contribution in [-0.4, -0.2) is 25.4 Å². The zero-order valence-electron chi connectivity index (χ0n) is 7.19. The van der Waals surface area contributed by atoms with Crippen LogP contribution in [-0.2, 0) is 9.53 Å². The number of carboxylic acids is 1. The largest absolute Gasteiger partial charge is 1.00 e. The smallest absolute Gasteiger partial charge is 0.542 e. The second kappa shape index (κ2) is 7.24. The number of ether oxygens (including phenoxy) is 1. The standard InChI is InChI=1S/C4H8O.C2HF3O2.Li/c1-2-4-5-3-1;3-2(4,5)1(6)7;/h1-4H2;(H,6,7);/q;;+1/p-1. The van der Waals surface area contributed by atoms with Gasteiger partial charge in [-0.15, -0.1) is 0 Å². The van der Waals surface area contributed by atoms with E-state index in [0.717, 1.165) is 13.2 Å². The Bertz CT molecular complexity index is 137. The minimum Gasteiger partial charge on any atom is -0.542 e. The van der Waals surface area contributed by atoms with Crippen molar-refractivity contribution in [2.45, 2.75) is 19.0 Å². The zero-order valence-corrected chi connectivity index (χ0v) is 7.19. The van der Waals surface area contributed by atoms with E-state index in [1.807, 2.05) is 0 Å². The molecule has 0 N–H and O–H groups in total. The van der Waals surface area contributed by atoms with E-state index >= 15 is 0 Å². The van der Waals surface area contributed by atoms with Crippen LogP contribution in [0.2, 0.25) is 0 Å². The van der Waals surface area contributed by atoms with Crippen molar-refractivity contribution in [1.82, 2.24) is 0 Å². The second-order valence-corrected chi connectivity index (χ2v) is 2.10. The van der Waals surface area contributed by atoms with Gasteiger partial charge in [0, 0.05) is 13.2 Å². The summed E-state index contributed by atoms with van der Waals surface area (Å²) in [6.07, 6.45) is -2.64. The molecule has 0 radical (unpaired) electrons. The van der Waals surface area contributed by atoms with Crippen molar-refractivity contribution in [3.63, 3.8) is 0 Å². The van der Waals surface area contributed by atoms with Gasteiger partial charge >= 0.3 is 25.0 Å². The van der Waals surface area contributed by atoms with E-state index in [1.54, 1.807) is 0 Å². The number of carbonyl (C=O) groups excluding carboxylic acids is 1. The Morgan fingerprint density at radius 1 is 1.23 bits per heavy atom. The predicted molar refractivity (Wildman–Crippen MR) is 31.1 cm³/mol. The molecule has 0 saturated carbocycles. The van der Waals surface area contributed by atoms with Crippen molar-refractivity contribution in [1.29, 1.82) is 0 Å². The number of carboxylic acid groups (broad SMARTS) is 1. The van der Waals surface area contributed by atoms with Crippen molar-refractivity contribution in [2.24, 2.45) is 0 Å². The molecule has 0 atom stereocenters. The SMILES string of the molecule is C1CCOC1.O=C([O-])C(F)(F)F.[Li+]. The topological polar surface area (TPSA) is 49.4 Å². The van der Waals surface area contributed by atoms with Crippen LogP contribution in [0.4, 0.5) is 13.2 Å². The Hall–Kier alpha value is -0.183. The fourth-order valence-electron chi connectivity index (χ4n) is 0.510. The maximum atomic E-state index is 10.5. The molecule has 1 aliphatic rings. The molecule has 1 fully saturated rings. The van der Waals surface area contributed by atoms with Crippen molar-refractivity contribution in [3.8, 4) is 0 Å². The fraction of sp³-hybridized carbons (Fsp3) is 0.833. The van der Waals surface area contributed by atoms with E-state index < -0.39 is 12.1 Å². The summed E-state index contributed by atoms with van der Waals surface area (Å²) in [6.45, 7) is 2.00. The van der Waals surface area contributed by atoms with E-state index in [9.17, 15) is 13.2 Å². The van der Waals surface area contributed by atoms with Gasteiger partial charge in [0.15, 0.2) is 0 Å². The molecule has 0 aromatic carbocycles. The van der Waals surface area contributed by atoms with Gasteiger partial charge in [-0.25, -0.2) is 0 Å². The van der Waals surface area contributed by atoms with Crippen molar-refractivity contribution < 1.29 is 46.7 Å². The number of alkyl halides is 3. The van der Waals surface area contributed by atoms with Gasteiger partial charge in [-0.3, -0.25) is 0 Å². The summed E-state index contributed by atoms with van der Waals surface area (Å²) >= 11 is 0. The fourth-order valence-corrected chi connectivity index (χ4v) is 0.510. The third-order valence-corrected chi connectivity index (χ3v) is 1.06. The predicted octanol–water partition coefficient (Wildman–Crippen LogP) is -2.90. The Morgan fingerprint density at radius 3 is 1.62 bits per heavy atom. The summed E-state index contributed by atoms with van der Waals surface area (Å²) in [5.41, 5.74) is 0. The van der Waals surface area contributed by atoms with E-state index in [4.69, 9.17) is 14.6 Å². The van der Waals surface area contributed by atoms with Crippen LogP contribution in [0.1, 0.15) is 12.8 Å². The Balaban J connectivity index is 0. The quantitative estimate of drug-likeness (QED) is 0.387. The molecule has 0 aliphatic carbocycles. The van der Waals surface area contributed by atoms with Crippen molar-refractivity contribution >= 4 is 5.97 Å².